The largest absolute Gasteiger partial charge is 0.352 e. The lowest BCUT2D eigenvalue weighted by molar-refractivity contribution is 0.111. The maximum absolute atomic E-state index is 12.9. The average molecular weight is 277 g/mol. The molecule has 0 bridgehead atoms. The first-order valence-corrected chi connectivity index (χ1v) is 5.92. The highest BCUT2D eigenvalue weighted by Crippen LogP contribution is 2.05. The molecule has 6 nitrogen and oxygen atoms in total. The SMILES string of the molecule is CC(C)n1nc(C=O)c(=O)n(-c2ccc(F)cc2)c1=O. The summed E-state index contributed by atoms with van der Waals surface area (Å²) in [6.07, 6.45) is 0.292. The Kier molecular flexibility index (Phi) is 3.60. The van der Waals surface area contributed by atoms with Crippen LogP contribution in [0.3, 0.4) is 0 Å². The molecule has 0 aliphatic rings. The Hall–Kier alpha value is -2.57. The van der Waals surface area contributed by atoms with Gasteiger partial charge in [0, 0.05) is 0 Å². The lowest BCUT2D eigenvalue weighted by Crippen LogP contribution is -2.43. The molecule has 1 aromatic heterocycles. The number of hydrogen-bond acceptors (Lipinski definition) is 4. The minimum Gasteiger partial charge on any atom is -0.296 e. The number of hydrogen-bond donors (Lipinski definition) is 0. The summed E-state index contributed by atoms with van der Waals surface area (Å²) in [6.45, 7) is 3.39. The molecule has 7 heteroatoms. The fraction of sp³-hybridized carbons (Fsp3) is 0.231. The first-order chi connectivity index (χ1) is 9.45. The van der Waals surface area contributed by atoms with Crippen LogP contribution in [0, 0.1) is 5.82 Å². The van der Waals surface area contributed by atoms with Crippen molar-refractivity contribution >= 4 is 6.29 Å². The van der Waals surface area contributed by atoms with Crippen molar-refractivity contribution in [1.29, 1.82) is 0 Å². The predicted octanol–water partition coefficient (Wildman–Crippen LogP) is 0.927. The maximum atomic E-state index is 12.9. The molecular weight excluding hydrogens is 265 g/mol. The van der Waals surface area contributed by atoms with E-state index in [4.69, 9.17) is 0 Å². The van der Waals surface area contributed by atoms with E-state index in [0.29, 0.717) is 6.29 Å². The van der Waals surface area contributed by atoms with E-state index in [0.717, 1.165) is 21.4 Å². The molecule has 0 aliphatic heterocycles. The average Bonchev–Trinajstić information content (AvgIpc) is 2.41. The van der Waals surface area contributed by atoms with Gasteiger partial charge in [-0.15, -0.1) is 0 Å². The predicted molar refractivity (Wildman–Crippen MR) is 69.8 cm³/mol. The molecule has 0 saturated carbocycles. The van der Waals surface area contributed by atoms with Crippen molar-refractivity contribution in [1.82, 2.24) is 14.3 Å². The molecule has 0 N–H and O–H groups in total. The molecule has 2 rings (SSSR count). The van der Waals surface area contributed by atoms with Gasteiger partial charge < -0.3 is 0 Å². The van der Waals surface area contributed by atoms with Gasteiger partial charge in [0.2, 0.25) is 0 Å². The molecule has 104 valence electrons. The molecule has 20 heavy (non-hydrogen) atoms. The molecule has 0 unspecified atom stereocenters. The molecule has 0 saturated heterocycles. The van der Waals surface area contributed by atoms with Crippen LogP contribution in [0.15, 0.2) is 33.9 Å². The van der Waals surface area contributed by atoms with Crippen LogP contribution in [0.2, 0.25) is 0 Å². The van der Waals surface area contributed by atoms with Gasteiger partial charge in [-0.25, -0.2) is 18.4 Å². The number of rotatable bonds is 3. The van der Waals surface area contributed by atoms with E-state index in [9.17, 15) is 18.8 Å². The van der Waals surface area contributed by atoms with Crippen LogP contribution in [0.25, 0.3) is 5.69 Å². The van der Waals surface area contributed by atoms with Gasteiger partial charge in [-0.05, 0) is 38.1 Å². The quantitative estimate of drug-likeness (QED) is 0.782. The Labute approximate surface area is 113 Å². The molecule has 0 atom stereocenters. The fourth-order valence-corrected chi connectivity index (χ4v) is 1.73. The molecule has 0 amide bonds. The number of carbonyl (C=O) groups excluding carboxylic acids is 1. The summed E-state index contributed by atoms with van der Waals surface area (Å²) in [5.41, 5.74) is -1.69. The molecule has 2 aromatic rings. The van der Waals surface area contributed by atoms with E-state index >= 15 is 0 Å². The van der Waals surface area contributed by atoms with Crippen molar-refractivity contribution in [3.63, 3.8) is 0 Å². The van der Waals surface area contributed by atoms with Crippen molar-refractivity contribution in [3.8, 4) is 5.69 Å². The minimum absolute atomic E-state index is 0.182. The Bertz CT molecular complexity index is 760. The van der Waals surface area contributed by atoms with Crippen LogP contribution >= 0.6 is 0 Å². The Balaban J connectivity index is 2.84. The highest BCUT2D eigenvalue weighted by atomic mass is 19.1. The molecule has 0 fully saturated rings. The molecule has 0 spiro atoms. The van der Waals surface area contributed by atoms with Gasteiger partial charge >= 0.3 is 5.69 Å². The van der Waals surface area contributed by atoms with Crippen molar-refractivity contribution < 1.29 is 9.18 Å². The van der Waals surface area contributed by atoms with Crippen molar-refractivity contribution in [2.24, 2.45) is 0 Å². The lowest BCUT2D eigenvalue weighted by atomic mass is 10.3. The number of carbonyl (C=O) groups is 1. The van der Waals surface area contributed by atoms with Gasteiger partial charge in [-0.2, -0.15) is 5.10 Å². The molecule has 1 heterocycles. The monoisotopic (exact) mass is 277 g/mol. The van der Waals surface area contributed by atoms with E-state index in [1.54, 1.807) is 13.8 Å². The van der Waals surface area contributed by atoms with Crippen molar-refractivity contribution in [2.75, 3.05) is 0 Å². The number of halogens is 1. The van der Waals surface area contributed by atoms with Crippen LogP contribution in [0.1, 0.15) is 30.4 Å². The standard InChI is InChI=1S/C13H12FN3O3/c1-8(2)17-13(20)16(12(19)11(7-18)15-17)10-5-3-9(14)4-6-10/h3-8H,1-2H3. The van der Waals surface area contributed by atoms with Gasteiger partial charge in [0.1, 0.15) is 5.82 Å². The smallest absolute Gasteiger partial charge is 0.296 e. The minimum atomic E-state index is -0.825. The topological polar surface area (TPSA) is 74.0 Å². The number of nitrogens with zero attached hydrogens (tertiary/aromatic N) is 3. The second kappa shape index (κ2) is 5.20. The lowest BCUT2D eigenvalue weighted by Gasteiger charge is -2.12. The van der Waals surface area contributed by atoms with Gasteiger partial charge in [0.15, 0.2) is 12.0 Å². The van der Waals surface area contributed by atoms with Gasteiger partial charge in [0.05, 0.1) is 11.7 Å². The summed E-state index contributed by atoms with van der Waals surface area (Å²) in [4.78, 5) is 35.2. The third-order valence-corrected chi connectivity index (χ3v) is 2.71. The Morgan fingerprint density at radius 2 is 1.80 bits per heavy atom. The van der Waals surface area contributed by atoms with Crippen molar-refractivity contribution in [3.05, 3.63) is 56.6 Å². The Morgan fingerprint density at radius 1 is 1.20 bits per heavy atom. The number of aromatic nitrogens is 3. The normalized spacial score (nSPS) is 10.8. The zero-order valence-electron chi connectivity index (χ0n) is 10.9. The van der Waals surface area contributed by atoms with Crippen LogP contribution in [-0.2, 0) is 0 Å². The zero-order valence-corrected chi connectivity index (χ0v) is 10.9. The summed E-state index contributed by atoms with van der Waals surface area (Å²) in [6, 6.07) is 4.51. The van der Waals surface area contributed by atoms with Gasteiger partial charge in [-0.1, -0.05) is 0 Å². The van der Waals surface area contributed by atoms with E-state index < -0.39 is 17.1 Å². The van der Waals surface area contributed by atoms with Crippen LogP contribution in [-0.4, -0.2) is 20.6 Å². The molecule has 0 aliphatic carbocycles. The maximum Gasteiger partial charge on any atom is 0.352 e. The summed E-state index contributed by atoms with van der Waals surface area (Å²) >= 11 is 0. The van der Waals surface area contributed by atoms with E-state index in [-0.39, 0.29) is 17.4 Å². The molecule has 1 aromatic carbocycles. The third-order valence-electron chi connectivity index (χ3n) is 2.71. The highest BCUT2D eigenvalue weighted by molar-refractivity contribution is 5.70. The van der Waals surface area contributed by atoms with Crippen molar-refractivity contribution in [2.45, 2.75) is 19.9 Å². The van der Waals surface area contributed by atoms with E-state index in [2.05, 4.69) is 5.10 Å². The van der Waals surface area contributed by atoms with E-state index in [1.165, 1.54) is 12.1 Å². The van der Waals surface area contributed by atoms with E-state index in [1.807, 2.05) is 0 Å². The first kappa shape index (κ1) is 13.9. The number of benzene rings is 1. The summed E-state index contributed by atoms with van der Waals surface area (Å²) in [5.74, 6) is -0.490. The second-order valence-corrected chi connectivity index (χ2v) is 4.44. The third kappa shape index (κ3) is 2.29. The van der Waals surface area contributed by atoms with Gasteiger partial charge in [-0.3, -0.25) is 9.59 Å². The fourth-order valence-electron chi connectivity index (χ4n) is 1.73. The second-order valence-electron chi connectivity index (χ2n) is 4.44. The Morgan fingerprint density at radius 3 is 2.30 bits per heavy atom. The first-order valence-electron chi connectivity index (χ1n) is 5.92. The summed E-state index contributed by atoms with van der Waals surface area (Å²) in [7, 11) is 0. The molecular formula is C13H12FN3O3. The van der Waals surface area contributed by atoms with Crippen LogP contribution in [0.5, 0.6) is 0 Å². The van der Waals surface area contributed by atoms with Crippen LogP contribution < -0.4 is 11.2 Å². The summed E-state index contributed by atoms with van der Waals surface area (Å²) < 4.78 is 14.8. The highest BCUT2D eigenvalue weighted by Gasteiger charge is 2.15. The number of aldehydes is 1. The molecule has 0 radical (unpaired) electrons. The van der Waals surface area contributed by atoms with Crippen LogP contribution in [0.4, 0.5) is 4.39 Å². The van der Waals surface area contributed by atoms with Gasteiger partial charge in [0.25, 0.3) is 5.56 Å². The summed E-state index contributed by atoms with van der Waals surface area (Å²) in [5, 5.41) is 3.72. The zero-order chi connectivity index (χ0) is 14.9.